The summed E-state index contributed by atoms with van der Waals surface area (Å²) in [7, 11) is 1.99. The molecular formula is C21H20N6. The topological polar surface area (TPSA) is 59.2 Å². The van der Waals surface area contributed by atoms with E-state index in [0.717, 1.165) is 28.0 Å². The van der Waals surface area contributed by atoms with Gasteiger partial charge in [0.1, 0.15) is 12.1 Å². The summed E-state index contributed by atoms with van der Waals surface area (Å²) in [6, 6.07) is 10.1. The van der Waals surface area contributed by atoms with E-state index in [9.17, 15) is 0 Å². The van der Waals surface area contributed by atoms with Crippen molar-refractivity contribution in [3.05, 3.63) is 54.6 Å². The lowest BCUT2D eigenvalue weighted by Gasteiger charge is -2.20. The van der Waals surface area contributed by atoms with Gasteiger partial charge in [-0.15, -0.1) is 10.2 Å². The highest BCUT2D eigenvalue weighted by Crippen LogP contribution is 2.29. The first-order chi connectivity index (χ1) is 12.9. The molecule has 0 radical (unpaired) electrons. The van der Waals surface area contributed by atoms with Crippen molar-refractivity contribution in [2.24, 2.45) is 5.41 Å². The minimum atomic E-state index is -0.0363. The van der Waals surface area contributed by atoms with E-state index in [1.807, 2.05) is 40.6 Å². The van der Waals surface area contributed by atoms with Crippen LogP contribution in [0.3, 0.4) is 0 Å². The van der Waals surface area contributed by atoms with Gasteiger partial charge in [0, 0.05) is 35.3 Å². The Labute approximate surface area is 157 Å². The van der Waals surface area contributed by atoms with Gasteiger partial charge in [0.25, 0.3) is 5.78 Å². The Bertz CT molecular complexity index is 1190. The molecule has 0 amide bonds. The van der Waals surface area contributed by atoms with Gasteiger partial charge in [0.15, 0.2) is 0 Å². The zero-order chi connectivity index (χ0) is 19.0. The Morgan fingerprint density at radius 1 is 1.15 bits per heavy atom. The predicted octanol–water partition coefficient (Wildman–Crippen LogP) is 3.84. The van der Waals surface area contributed by atoms with Gasteiger partial charge < -0.3 is 4.90 Å². The van der Waals surface area contributed by atoms with Crippen molar-refractivity contribution in [3.63, 3.8) is 0 Å². The molecule has 0 saturated heterocycles. The van der Waals surface area contributed by atoms with Gasteiger partial charge in [-0.05, 0) is 45.0 Å². The normalized spacial score (nSPS) is 11.4. The van der Waals surface area contributed by atoms with Gasteiger partial charge in [0.2, 0.25) is 0 Å². The standard InChI is InChI=1S/C21H20N6/c1-21(2,3)10-8-15-6-5-7-16(12-15)26(4)19-17-9-11-22-13-18(17)27-14-23-25-20(27)24-19/h5-7,9,11-14H,1-4H3. The first-order valence-electron chi connectivity index (χ1n) is 8.73. The minimum absolute atomic E-state index is 0.0363. The summed E-state index contributed by atoms with van der Waals surface area (Å²) in [6.07, 6.45) is 5.22. The number of pyridine rings is 1. The Hall–Kier alpha value is -3.46. The number of hydrogen-bond donors (Lipinski definition) is 0. The summed E-state index contributed by atoms with van der Waals surface area (Å²) in [6.45, 7) is 6.32. The second-order valence-corrected chi connectivity index (χ2v) is 7.44. The maximum Gasteiger partial charge on any atom is 0.257 e. The zero-order valence-corrected chi connectivity index (χ0v) is 15.8. The quantitative estimate of drug-likeness (QED) is 0.511. The van der Waals surface area contributed by atoms with Crippen molar-refractivity contribution < 1.29 is 0 Å². The fourth-order valence-electron chi connectivity index (χ4n) is 2.83. The molecule has 6 heteroatoms. The van der Waals surface area contributed by atoms with Crippen LogP contribution in [0.5, 0.6) is 0 Å². The van der Waals surface area contributed by atoms with Crippen molar-refractivity contribution in [3.8, 4) is 11.8 Å². The molecule has 0 spiro atoms. The van der Waals surface area contributed by atoms with Crippen LogP contribution in [0.4, 0.5) is 11.5 Å². The van der Waals surface area contributed by atoms with E-state index in [2.05, 4.69) is 53.9 Å². The number of rotatable bonds is 2. The van der Waals surface area contributed by atoms with Gasteiger partial charge in [-0.3, -0.25) is 9.38 Å². The van der Waals surface area contributed by atoms with E-state index < -0.39 is 0 Å². The second-order valence-electron chi connectivity index (χ2n) is 7.44. The van der Waals surface area contributed by atoms with E-state index in [-0.39, 0.29) is 5.41 Å². The Balaban J connectivity index is 1.83. The Morgan fingerprint density at radius 3 is 2.81 bits per heavy atom. The number of nitrogens with zero attached hydrogens (tertiary/aromatic N) is 6. The van der Waals surface area contributed by atoms with Crippen molar-refractivity contribution in [2.45, 2.75) is 20.8 Å². The molecule has 0 aliphatic rings. The lowest BCUT2D eigenvalue weighted by atomic mass is 9.97. The van der Waals surface area contributed by atoms with Crippen molar-refractivity contribution in [2.75, 3.05) is 11.9 Å². The van der Waals surface area contributed by atoms with Gasteiger partial charge in [-0.2, -0.15) is 4.98 Å². The molecule has 3 aromatic heterocycles. The first kappa shape index (κ1) is 17.0. The number of benzene rings is 1. The van der Waals surface area contributed by atoms with E-state index in [1.165, 1.54) is 0 Å². The van der Waals surface area contributed by atoms with Crippen LogP contribution in [0.2, 0.25) is 0 Å². The lowest BCUT2D eigenvalue weighted by molar-refractivity contribution is 0.571. The Kier molecular flexibility index (Phi) is 4.00. The van der Waals surface area contributed by atoms with Crippen LogP contribution in [0.15, 0.2) is 49.1 Å². The highest BCUT2D eigenvalue weighted by molar-refractivity contribution is 5.92. The number of aromatic nitrogens is 5. The molecule has 0 unspecified atom stereocenters. The molecule has 0 fully saturated rings. The molecule has 0 saturated carbocycles. The fourth-order valence-corrected chi connectivity index (χ4v) is 2.83. The third kappa shape index (κ3) is 3.32. The molecule has 0 aliphatic heterocycles. The maximum atomic E-state index is 4.71. The Morgan fingerprint density at radius 2 is 2.00 bits per heavy atom. The van der Waals surface area contributed by atoms with Gasteiger partial charge in [-0.25, -0.2) is 0 Å². The van der Waals surface area contributed by atoms with E-state index in [1.54, 1.807) is 18.7 Å². The third-order valence-electron chi connectivity index (χ3n) is 4.17. The van der Waals surface area contributed by atoms with E-state index in [0.29, 0.717) is 5.78 Å². The first-order valence-corrected chi connectivity index (χ1v) is 8.73. The van der Waals surface area contributed by atoms with Crippen molar-refractivity contribution in [1.29, 1.82) is 0 Å². The van der Waals surface area contributed by atoms with Crippen LogP contribution in [-0.2, 0) is 0 Å². The molecule has 4 aromatic rings. The smallest absolute Gasteiger partial charge is 0.257 e. The summed E-state index contributed by atoms with van der Waals surface area (Å²) in [5.74, 6) is 7.88. The molecule has 0 N–H and O–H groups in total. The molecule has 6 nitrogen and oxygen atoms in total. The lowest BCUT2D eigenvalue weighted by Crippen LogP contribution is -2.13. The monoisotopic (exact) mass is 356 g/mol. The van der Waals surface area contributed by atoms with Crippen LogP contribution in [0.1, 0.15) is 26.3 Å². The van der Waals surface area contributed by atoms with Gasteiger partial charge >= 0.3 is 0 Å². The summed E-state index contributed by atoms with van der Waals surface area (Å²) < 4.78 is 1.84. The summed E-state index contributed by atoms with van der Waals surface area (Å²) in [5, 5.41) is 9.05. The minimum Gasteiger partial charge on any atom is -0.329 e. The molecule has 27 heavy (non-hydrogen) atoms. The average Bonchev–Trinajstić information content (AvgIpc) is 3.14. The molecule has 4 rings (SSSR count). The largest absolute Gasteiger partial charge is 0.329 e. The number of fused-ring (bicyclic) bond motifs is 3. The molecule has 3 heterocycles. The summed E-state index contributed by atoms with van der Waals surface area (Å²) >= 11 is 0. The maximum absolute atomic E-state index is 4.71. The van der Waals surface area contributed by atoms with E-state index in [4.69, 9.17) is 4.98 Å². The number of hydrogen-bond acceptors (Lipinski definition) is 5. The van der Waals surface area contributed by atoms with Crippen LogP contribution in [0.25, 0.3) is 16.7 Å². The predicted molar refractivity (Wildman–Crippen MR) is 107 cm³/mol. The molecular weight excluding hydrogens is 336 g/mol. The number of anilines is 2. The van der Waals surface area contributed by atoms with Crippen LogP contribution >= 0.6 is 0 Å². The molecule has 0 aliphatic carbocycles. The molecule has 1 aromatic carbocycles. The highest BCUT2D eigenvalue weighted by atomic mass is 15.3. The van der Waals surface area contributed by atoms with Crippen LogP contribution < -0.4 is 4.90 Å². The van der Waals surface area contributed by atoms with Gasteiger partial charge in [-0.1, -0.05) is 17.9 Å². The van der Waals surface area contributed by atoms with Crippen molar-refractivity contribution in [1.82, 2.24) is 24.6 Å². The third-order valence-corrected chi connectivity index (χ3v) is 4.17. The average molecular weight is 356 g/mol. The van der Waals surface area contributed by atoms with Gasteiger partial charge in [0.05, 0.1) is 11.7 Å². The fraction of sp³-hybridized carbons (Fsp3) is 0.238. The highest BCUT2D eigenvalue weighted by Gasteiger charge is 2.14. The van der Waals surface area contributed by atoms with Crippen LogP contribution in [0, 0.1) is 17.3 Å². The van der Waals surface area contributed by atoms with Crippen molar-refractivity contribution >= 4 is 28.2 Å². The molecule has 134 valence electrons. The zero-order valence-electron chi connectivity index (χ0n) is 15.8. The SMILES string of the molecule is CN(c1cccc(C#CC(C)(C)C)c1)c1nc2nncn2c2cnccc12. The van der Waals surface area contributed by atoms with Crippen LogP contribution in [-0.4, -0.2) is 31.6 Å². The molecule has 0 atom stereocenters. The van der Waals surface area contributed by atoms with E-state index >= 15 is 0 Å². The second kappa shape index (κ2) is 6.36. The summed E-state index contributed by atoms with van der Waals surface area (Å²) in [5.41, 5.74) is 2.86. The molecule has 0 bridgehead atoms. The summed E-state index contributed by atoms with van der Waals surface area (Å²) in [4.78, 5) is 11.0.